The predicted octanol–water partition coefficient (Wildman–Crippen LogP) is 5.24. The monoisotopic (exact) mass is 584 g/mol. The van der Waals surface area contributed by atoms with Crippen molar-refractivity contribution < 1.29 is 36.9 Å². The van der Waals surface area contributed by atoms with Crippen LogP contribution < -0.4 is 14.2 Å². The van der Waals surface area contributed by atoms with Gasteiger partial charge in [-0.05, 0) is 91.8 Å². The average molecular weight is 585 g/mol. The minimum Gasteiger partial charge on any atom is -0.497 e. The largest absolute Gasteiger partial charge is 0.509 e. The Bertz CT molecular complexity index is 1410. The normalized spacial score (nSPS) is 15.2. The van der Waals surface area contributed by atoms with Gasteiger partial charge in [0.2, 0.25) is 10.0 Å². The van der Waals surface area contributed by atoms with Gasteiger partial charge in [-0.1, -0.05) is 13.8 Å². The van der Waals surface area contributed by atoms with Crippen LogP contribution in [0.3, 0.4) is 0 Å². The van der Waals surface area contributed by atoms with Crippen LogP contribution in [0, 0.1) is 0 Å². The van der Waals surface area contributed by atoms with Crippen LogP contribution in [0.2, 0.25) is 0 Å². The molecule has 0 bridgehead atoms. The summed E-state index contributed by atoms with van der Waals surface area (Å²) in [6.45, 7) is 7.53. The quantitative estimate of drug-likeness (QED) is 0.265. The molecule has 3 aromatic carbocycles. The first-order valence-corrected chi connectivity index (χ1v) is 14.9. The van der Waals surface area contributed by atoms with Gasteiger partial charge >= 0.3 is 6.16 Å². The van der Waals surface area contributed by atoms with Crippen LogP contribution >= 0.6 is 0 Å². The average Bonchev–Trinajstić information content (AvgIpc) is 2.99. The summed E-state index contributed by atoms with van der Waals surface area (Å²) < 4.78 is 55.8. The highest BCUT2D eigenvalue weighted by molar-refractivity contribution is 7.89. The summed E-state index contributed by atoms with van der Waals surface area (Å²) in [4.78, 5) is 14.5. The fourth-order valence-corrected chi connectivity index (χ4v) is 6.06. The molecule has 41 heavy (non-hydrogen) atoms. The fourth-order valence-electron chi connectivity index (χ4n) is 4.57. The Kier molecular flexibility index (Phi) is 10.1. The van der Waals surface area contributed by atoms with Gasteiger partial charge in [-0.2, -0.15) is 4.31 Å². The van der Waals surface area contributed by atoms with Crippen molar-refractivity contribution in [3.8, 4) is 23.0 Å². The van der Waals surface area contributed by atoms with E-state index in [1.54, 1.807) is 55.6 Å². The number of ether oxygens (including phenoxy) is 5. The zero-order valence-corrected chi connectivity index (χ0v) is 24.6. The molecule has 0 saturated heterocycles. The number of rotatable bonds is 12. The molecule has 1 aliphatic rings. The number of likely N-dealkylation sites (N-methyl/N-ethyl adjacent to an activating group) is 1. The maximum absolute atomic E-state index is 13.8. The molecular weight excluding hydrogens is 548 g/mol. The van der Waals surface area contributed by atoms with E-state index in [-0.39, 0.29) is 11.4 Å². The molecule has 4 rings (SSSR count). The number of benzene rings is 3. The first-order chi connectivity index (χ1) is 19.8. The summed E-state index contributed by atoms with van der Waals surface area (Å²) in [5.74, 6) is 2.42. The van der Waals surface area contributed by atoms with Gasteiger partial charge in [0.25, 0.3) is 0 Å². The molecule has 10 nitrogen and oxygen atoms in total. The maximum atomic E-state index is 13.8. The number of fused-ring (bicyclic) bond motifs is 1. The van der Waals surface area contributed by atoms with Crippen molar-refractivity contribution in [1.82, 2.24) is 9.21 Å². The van der Waals surface area contributed by atoms with E-state index >= 15 is 0 Å². The number of nitrogens with zero attached hydrogens (tertiary/aromatic N) is 2. The molecule has 0 aromatic heterocycles. The van der Waals surface area contributed by atoms with E-state index in [1.165, 1.54) is 23.5 Å². The molecule has 1 unspecified atom stereocenters. The Labute approximate surface area is 241 Å². The van der Waals surface area contributed by atoms with Crippen molar-refractivity contribution in [2.75, 3.05) is 47.0 Å². The number of hydrogen-bond acceptors (Lipinski definition) is 9. The molecule has 0 aliphatic carbocycles. The van der Waals surface area contributed by atoms with Crippen LogP contribution in [0.25, 0.3) is 0 Å². The zero-order chi connectivity index (χ0) is 29.4. The summed E-state index contributed by atoms with van der Waals surface area (Å²) in [5, 5.41) is 0. The highest BCUT2D eigenvalue weighted by atomic mass is 32.2. The molecule has 0 spiro atoms. The van der Waals surface area contributed by atoms with E-state index in [1.807, 2.05) is 6.07 Å². The Hall–Kier alpha value is -3.80. The van der Waals surface area contributed by atoms with Gasteiger partial charge in [-0.15, -0.1) is 0 Å². The number of carbonyl (C=O) groups excluding carboxylic acids is 1. The Morgan fingerprint density at radius 1 is 0.902 bits per heavy atom. The van der Waals surface area contributed by atoms with Crippen molar-refractivity contribution in [2.24, 2.45) is 0 Å². The minimum absolute atomic E-state index is 0.0397. The third kappa shape index (κ3) is 7.29. The number of methoxy groups -OCH3 is 2. The van der Waals surface area contributed by atoms with Gasteiger partial charge in [0.15, 0.2) is 6.23 Å². The second-order valence-electron chi connectivity index (χ2n) is 9.28. The molecule has 0 saturated carbocycles. The molecule has 11 heteroatoms. The lowest BCUT2D eigenvalue weighted by molar-refractivity contribution is -0.0149. The molecule has 220 valence electrons. The number of sulfonamides is 1. The van der Waals surface area contributed by atoms with Gasteiger partial charge in [-0.25, -0.2) is 13.2 Å². The smallest absolute Gasteiger partial charge is 0.497 e. The Balaban J connectivity index is 1.53. The van der Waals surface area contributed by atoms with Crippen molar-refractivity contribution in [3.63, 3.8) is 0 Å². The van der Waals surface area contributed by atoms with E-state index in [0.29, 0.717) is 41.6 Å². The third-order valence-electron chi connectivity index (χ3n) is 6.91. The fraction of sp³-hybridized carbons (Fsp3) is 0.367. The summed E-state index contributed by atoms with van der Waals surface area (Å²) in [5.41, 5.74) is 1.40. The Morgan fingerprint density at radius 3 is 2.12 bits per heavy atom. The summed E-state index contributed by atoms with van der Waals surface area (Å²) in [6, 6.07) is 18.5. The van der Waals surface area contributed by atoms with Crippen molar-refractivity contribution >= 4 is 16.2 Å². The van der Waals surface area contributed by atoms with Crippen molar-refractivity contribution in [1.29, 1.82) is 0 Å². The lowest BCUT2D eigenvalue weighted by atomic mass is 9.99. The van der Waals surface area contributed by atoms with Crippen LogP contribution in [-0.2, 0) is 25.9 Å². The highest BCUT2D eigenvalue weighted by Gasteiger charge is 2.39. The first kappa shape index (κ1) is 30.2. The van der Waals surface area contributed by atoms with Crippen LogP contribution in [0.5, 0.6) is 23.0 Å². The maximum Gasteiger partial charge on any atom is 0.509 e. The van der Waals surface area contributed by atoms with Crippen LogP contribution in [0.15, 0.2) is 71.6 Å². The molecule has 0 fully saturated rings. The van der Waals surface area contributed by atoms with Crippen molar-refractivity contribution in [2.45, 2.75) is 31.4 Å². The topological polar surface area (TPSA) is 104 Å². The second kappa shape index (κ2) is 13.7. The molecule has 0 radical (unpaired) electrons. The lowest BCUT2D eigenvalue weighted by Crippen LogP contribution is -2.42. The van der Waals surface area contributed by atoms with E-state index in [0.717, 1.165) is 25.2 Å². The van der Waals surface area contributed by atoms with E-state index in [4.69, 9.17) is 23.7 Å². The van der Waals surface area contributed by atoms with Gasteiger partial charge in [-0.3, -0.25) is 0 Å². The zero-order valence-electron chi connectivity index (χ0n) is 23.7. The van der Waals surface area contributed by atoms with Crippen molar-refractivity contribution in [3.05, 3.63) is 77.9 Å². The minimum atomic E-state index is -4.05. The molecule has 1 atom stereocenters. The van der Waals surface area contributed by atoms with E-state index in [2.05, 4.69) is 18.7 Å². The molecule has 0 amide bonds. The Morgan fingerprint density at radius 2 is 1.51 bits per heavy atom. The number of carbonyl (C=O) groups is 1. The molecular formula is C30H36N2O8S. The van der Waals surface area contributed by atoms with Crippen LogP contribution in [0.1, 0.15) is 31.2 Å². The summed E-state index contributed by atoms with van der Waals surface area (Å²) in [7, 11) is -1.29. The molecule has 3 aromatic rings. The predicted molar refractivity (Wildman–Crippen MR) is 153 cm³/mol. The van der Waals surface area contributed by atoms with Gasteiger partial charge in [0.05, 0.1) is 19.1 Å². The first-order valence-electron chi connectivity index (χ1n) is 13.5. The molecule has 1 aliphatic heterocycles. The van der Waals surface area contributed by atoms with Crippen LogP contribution in [-0.4, -0.2) is 70.8 Å². The summed E-state index contributed by atoms with van der Waals surface area (Å²) in [6.07, 6.45) is -1.76. The summed E-state index contributed by atoms with van der Waals surface area (Å²) >= 11 is 0. The SMILES string of the molecule is CCN(CC)CCOc1ccc2c(c1)CCN(S(=O)(=O)c1ccc(Oc3ccc(OC)cc3)cc1)C2OC(=O)OC. The van der Waals surface area contributed by atoms with Crippen LogP contribution in [0.4, 0.5) is 4.79 Å². The lowest BCUT2D eigenvalue weighted by Gasteiger charge is -2.35. The van der Waals surface area contributed by atoms with Gasteiger partial charge < -0.3 is 28.6 Å². The van der Waals surface area contributed by atoms with E-state index in [9.17, 15) is 13.2 Å². The number of hydrogen-bond donors (Lipinski definition) is 0. The highest BCUT2D eigenvalue weighted by Crippen LogP contribution is 2.37. The third-order valence-corrected chi connectivity index (χ3v) is 8.77. The van der Waals surface area contributed by atoms with E-state index < -0.39 is 22.4 Å². The molecule has 0 N–H and O–H groups in total. The van der Waals surface area contributed by atoms with Gasteiger partial charge in [0.1, 0.15) is 29.6 Å². The standard InChI is InChI=1S/C30H36N2O8S/c1-5-31(6-2)19-20-38-26-13-16-28-22(21-26)17-18-32(29(28)40-30(33)37-4)41(34,35)27-14-11-25(12-15-27)39-24-9-7-23(36-3)8-10-24/h7-16,21,29H,5-6,17-20H2,1-4H3. The van der Waals surface area contributed by atoms with Gasteiger partial charge in [0, 0.05) is 18.7 Å². The second-order valence-corrected chi connectivity index (χ2v) is 11.2. The molecule has 1 heterocycles.